The maximum Gasteiger partial charge on any atom is 0.322 e. The highest BCUT2D eigenvalue weighted by Gasteiger charge is 2.30. The number of rotatable bonds is 3. The van der Waals surface area contributed by atoms with Gasteiger partial charge >= 0.3 is 6.03 Å². The lowest BCUT2D eigenvalue weighted by molar-refractivity contribution is 0.160. The second-order valence-corrected chi connectivity index (χ2v) is 6.66. The zero-order valence-electron chi connectivity index (χ0n) is 14.9. The molecule has 138 valence electrons. The summed E-state index contributed by atoms with van der Waals surface area (Å²) in [5, 5.41) is 2.69. The van der Waals surface area contributed by atoms with Crippen LogP contribution in [0.2, 0.25) is 0 Å². The standard InChI is InChI=1S/C21H21FN4O/c22-16-10-4-5-11-17(16)25-21(27)26-13-7-6-12-19(26)20-23-14-18(24-20)15-8-2-1-3-9-15/h1-5,8-11,14,19H,6-7,12-13H2,(H,23,24)(H,25,27). The second kappa shape index (κ2) is 7.61. The van der Waals surface area contributed by atoms with Gasteiger partial charge in [0.2, 0.25) is 0 Å². The molecule has 1 saturated heterocycles. The molecule has 0 saturated carbocycles. The summed E-state index contributed by atoms with van der Waals surface area (Å²) in [6.07, 6.45) is 4.57. The molecule has 1 atom stereocenters. The number of hydrogen-bond donors (Lipinski definition) is 2. The van der Waals surface area contributed by atoms with Crippen LogP contribution in [0.4, 0.5) is 14.9 Å². The van der Waals surface area contributed by atoms with Gasteiger partial charge in [-0.1, -0.05) is 42.5 Å². The molecule has 6 heteroatoms. The van der Waals surface area contributed by atoms with Crippen molar-refractivity contribution >= 4 is 11.7 Å². The minimum Gasteiger partial charge on any atom is -0.340 e. The fourth-order valence-corrected chi connectivity index (χ4v) is 3.48. The van der Waals surface area contributed by atoms with Crippen molar-refractivity contribution in [2.24, 2.45) is 0 Å². The van der Waals surface area contributed by atoms with Crippen LogP contribution >= 0.6 is 0 Å². The molecule has 1 aliphatic rings. The number of nitrogens with zero attached hydrogens (tertiary/aromatic N) is 2. The Hall–Kier alpha value is -3.15. The molecule has 0 aliphatic carbocycles. The lowest BCUT2D eigenvalue weighted by Gasteiger charge is -2.34. The Morgan fingerprint density at radius 1 is 1.11 bits per heavy atom. The first-order valence-electron chi connectivity index (χ1n) is 9.15. The normalized spacial score (nSPS) is 16.9. The van der Waals surface area contributed by atoms with Crippen LogP contribution in [0.1, 0.15) is 31.1 Å². The quantitative estimate of drug-likeness (QED) is 0.689. The van der Waals surface area contributed by atoms with Crippen LogP contribution in [0, 0.1) is 5.82 Å². The van der Waals surface area contributed by atoms with Crippen LogP contribution in [0.3, 0.4) is 0 Å². The van der Waals surface area contributed by atoms with Crippen LogP contribution in [-0.2, 0) is 0 Å². The fourth-order valence-electron chi connectivity index (χ4n) is 3.48. The van der Waals surface area contributed by atoms with E-state index in [-0.39, 0.29) is 17.8 Å². The van der Waals surface area contributed by atoms with E-state index in [4.69, 9.17) is 0 Å². The fraction of sp³-hybridized carbons (Fsp3) is 0.238. The number of carbonyl (C=O) groups excluding carboxylic acids is 1. The molecule has 0 spiro atoms. The van der Waals surface area contributed by atoms with Crippen LogP contribution < -0.4 is 5.32 Å². The summed E-state index contributed by atoms with van der Waals surface area (Å²) in [6, 6.07) is 15.7. The highest BCUT2D eigenvalue weighted by atomic mass is 19.1. The second-order valence-electron chi connectivity index (χ2n) is 6.66. The number of hydrogen-bond acceptors (Lipinski definition) is 2. The van der Waals surface area contributed by atoms with E-state index in [9.17, 15) is 9.18 Å². The molecule has 4 rings (SSSR count). The van der Waals surface area contributed by atoms with Crippen molar-refractivity contribution in [2.75, 3.05) is 11.9 Å². The van der Waals surface area contributed by atoms with Gasteiger partial charge in [0.1, 0.15) is 11.6 Å². The van der Waals surface area contributed by atoms with Crippen LogP contribution in [0.5, 0.6) is 0 Å². The number of nitrogens with one attached hydrogen (secondary N) is 2. The van der Waals surface area contributed by atoms with Gasteiger partial charge in [-0.2, -0.15) is 0 Å². The lowest BCUT2D eigenvalue weighted by atomic mass is 10.0. The number of likely N-dealkylation sites (tertiary alicyclic amines) is 1. The maximum atomic E-state index is 13.9. The molecule has 1 unspecified atom stereocenters. The smallest absolute Gasteiger partial charge is 0.322 e. The van der Waals surface area contributed by atoms with Crippen LogP contribution in [-0.4, -0.2) is 27.4 Å². The van der Waals surface area contributed by atoms with E-state index < -0.39 is 5.82 Å². The number of aromatic nitrogens is 2. The maximum absolute atomic E-state index is 13.9. The Bertz CT molecular complexity index is 925. The predicted molar refractivity (Wildman–Crippen MR) is 103 cm³/mol. The number of para-hydroxylation sites is 1. The first-order chi connectivity index (χ1) is 13.2. The lowest BCUT2D eigenvalue weighted by Crippen LogP contribution is -2.41. The number of benzene rings is 2. The zero-order chi connectivity index (χ0) is 18.6. The van der Waals surface area contributed by atoms with Gasteiger partial charge in [-0.3, -0.25) is 0 Å². The van der Waals surface area contributed by atoms with Gasteiger partial charge in [-0.05, 0) is 37.0 Å². The average molecular weight is 364 g/mol. The highest BCUT2D eigenvalue weighted by Crippen LogP contribution is 2.31. The SMILES string of the molecule is O=C(Nc1ccccc1F)N1CCCCC1c1ncc(-c2ccccc2)[nH]1. The van der Waals surface area contributed by atoms with Gasteiger partial charge in [-0.25, -0.2) is 14.2 Å². The van der Waals surface area contributed by atoms with E-state index in [1.165, 1.54) is 6.07 Å². The number of halogens is 1. The summed E-state index contributed by atoms with van der Waals surface area (Å²) in [6.45, 7) is 0.617. The topological polar surface area (TPSA) is 61.0 Å². The third-order valence-electron chi connectivity index (χ3n) is 4.88. The molecule has 0 bridgehead atoms. The van der Waals surface area contributed by atoms with Gasteiger partial charge in [-0.15, -0.1) is 0 Å². The molecular formula is C21H21FN4O. The number of amides is 2. The van der Waals surface area contributed by atoms with Gasteiger partial charge in [0.25, 0.3) is 0 Å². The minimum atomic E-state index is -0.441. The number of imidazole rings is 1. The molecule has 27 heavy (non-hydrogen) atoms. The molecule has 0 radical (unpaired) electrons. The molecule has 2 heterocycles. The van der Waals surface area contributed by atoms with Crippen molar-refractivity contribution in [3.05, 3.63) is 72.4 Å². The van der Waals surface area contributed by atoms with E-state index in [1.54, 1.807) is 29.3 Å². The largest absolute Gasteiger partial charge is 0.340 e. The molecule has 2 N–H and O–H groups in total. The van der Waals surface area contributed by atoms with Gasteiger partial charge in [0, 0.05) is 6.54 Å². The van der Waals surface area contributed by atoms with Crippen molar-refractivity contribution in [2.45, 2.75) is 25.3 Å². The van der Waals surface area contributed by atoms with E-state index in [1.807, 2.05) is 30.3 Å². The number of aromatic amines is 1. The summed E-state index contributed by atoms with van der Waals surface area (Å²) in [5.74, 6) is 0.320. The Labute approximate surface area is 157 Å². The molecular weight excluding hydrogens is 343 g/mol. The van der Waals surface area contributed by atoms with Crippen molar-refractivity contribution in [1.29, 1.82) is 0 Å². The highest BCUT2D eigenvalue weighted by molar-refractivity contribution is 5.89. The monoisotopic (exact) mass is 364 g/mol. The molecule has 5 nitrogen and oxygen atoms in total. The van der Waals surface area contributed by atoms with E-state index in [0.29, 0.717) is 6.54 Å². The number of piperidine rings is 1. The summed E-state index contributed by atoms with van der Waals surface area (Å²) in [5.41, 5.74) is 2.16. The van der Waals surface area contributed by atoms with E-state index in [0.717, 1.165) is 36.3 Å². The Kier molecular flexibility index (Phi) is 4.87. The number of anilines is 1. The number of urea groups is 1. The Morgan fingerprint density at radius 3 is 2.70 bits per heavy atom. The molecule has 2 amide bonds. The van der Waals surface area contributed by atoms with Crippen LogP contribution in [0.15, 0.2) is 60.8 Å². The molecule has 1 aliphatic heterocycles. The van der Waals surface area contributed by atoms with Crippen LogP contribution in [0.25, 0.3) is 11.3 Å². The number of H-pyrrole nitrogens is 1. The summed E-state index contributed by atoms with van der Waals surface area (Å²) < 4.78 is 13.9. The zero-order valence-corrected chi connectivity index (χ0v) is 14.9. The van der Waals surface area contributed by atoms with Crippen molar-refractivity contribution in [3.63, 3.8) is 0 Å². The summed E-state index contributed by atoms with van der Waals surface area (Å²) in [4.78, 5) is 22.4. The average Bonchev–Trinajstić information content (AvgIpc) is 3.20. The molecule has 3 aromatic rings. The minimum absolute atomic E-state index is 0.150. The summed E-state index contributed by atoms with van der Waals surface area (Å²) in [7, 11) is 0. The molecule has 1 aromatic heterocycles. The molecule has 1 fully saturated rings. The molecule has 2 aromatic carbocycles. The first-order valence-corrected chi connectivity index (χ1v) is 9.15. The van der Waals surface area contributed by atoms with Crippen molar-refractivity contribution in [1.82, 2.24) is 14.9 Å². The Morgan fingerprint density at radius 2 is 1.89 bits per heavy atom. The number of carbonyl (C=O) groups is 1. The van der Waals surface area contributed by atoms with Crippen molar-refractivity contribution in [3.8, 4) is 11.3 Å². The third kappa shape index (κ3) is 3.69. The van der Waals surface area contributed by atoms with Crippen molar-refractivity contribution < 1.29 is 9.18 Å². The van der Waals surface area contributed by atoms with Gasteiger partial charge in [0.15, 0.2) is 0 Å². The van der Waals surface area contributed by atoms with Gasteiger partial charge < -0.3 is 15.2 Å². The van der Waals surface area contributed by atoms with E-state index >= 15 is 0 Å². The third-order valence-corrected chi connectivity index (χ3v) is 4.88. The van der Waals surface area contributed by atoms with E-state index in [2.05, 4.69) is 15.3 Å². The predicted octanol–water partition coefficient (Wildman–Crippen LogP) is 4.97. The van der Waals surface area contributed by atoms with Gasteiger partial charge in [0.05, 0.1) is 23.6 Å². The summed E-state index contributed by atoms with van der Waals surface area (Å²) >= 11 is 0. The first kappa shape index (κ1) is 17.3. The Balaban J connectivity index is 1.55.